The van der Waals surface area contributed by atoms with Crippen LogP contribution in [0, 0.1) is 31.3 Å². The highest BCUT2D eigenvalue weighted by molar-refractivity contribution is 6.04. The van der Waals surface area contributed by atoms with Crippen LogP contribution >= 0.6 is 0 Å². The van der Waals surface area contributed by atoms with E-state index in [1.165, 1.54) is 18.5 Å². The topological polar surface area (TPSA) is 54.0 Å². The Hall–Kier alpha value is -3.35. The summed E-state index contributed by atoms with van der Waals surface area (Å²) in [4.78, 5) is 16.3. The number of hydrogen-bond acceptors (Lipinski definition) is 3. The Bertz CT molecular complexity index is 1020. The van der Waals surface area contributed by atoms with E-state index in [4.69, 9.17) is 0 Å². The molecule has 1 heterocycles. The van der Waals surface area contributed by atoms with Crippen molar-refractivity contribution < 1.29 is 18.0 Å². The minimum atomic E-state index is -1.64. The Kier molecular flexibility index (Phi) is 5.12. The molecule has 7 heteroatoms. The highest BCUT2D eigenvalue weighted by Gasteiger charge is 2.16. The van der Waals surface area contributed by atoms with Gasteiger partial charge < -0.3 is 10.6 Å². The van der Waals surface area contributed by atoms with Crippen LogP contribution in [0.1, 0.15) is 21.5 Å². The summed E-state index contributed by atoms with van der Waals surface area (Å²) in [5.41, 5.74) is 3.18. The van der Waals surface area contributed by atoms with E-state index in [1.54, 1.807) is 0 Å². The van der Waals surface area contributed by atoms with Gasteiger partial charge in [0.2, 0.25) is 0 Å². The zero-order chi connectivity index (χ0) is 19.6. The number of amides is 1. The van der Waals surface area contributed by atoms with Crippen molar-refractivity contribution in [3.8, 4) is 0 Å². The van der Waals surface area contributed by atoms with Gasteiger partial charge in [0.1, 0.15) is 0 Å². The maximum Gasteiger partial charge on any atom is 0.257 e. The van der Waals surface area contributed by atoms with Crippen LogP contribution in [-0.4, -0.2) is 10.9 Å². The zero-order valence-corrected chi connectivity index (χ0v) is 14.6. The van der Waals surface area contributed by atoms with Crippen molar-refractivity contribution in [2.45, 2.75) is 13.8 Å². The maximum atomic E-state index is 13.7. The summed E-state index contributed by atoms with van der Waals surface area (Å²) in [5.74, 6) is -5.12. The summed E-state index contributed by atoms with van der Waals surface area (Å²) in [6.45, 7) is 3.90. The quantitative estimate of drug-likeness (QED) is 0.627. The summed E-state index contributed by atoms with van der Waals surface area (Å²) < 4.78 is 40.0. The largest absolute Gasteiger partial charge is 0.354 e. The van der Waals surface area contributed by atoms with Crippen molar-refractivity contribution in [1.29, 1.82) is 0 Å². The zero-order valence-electron chi connectivity index (χ0n) is 14.6. The van der Waals surface area contributed by atoms with Crippen molar-refractivity contribution in [2.75, 3.05) is 10.6 Å². The lowest BCUT2D eigenvalue weighted by Gasteiger charge is -2.12. The van der Waals surface area contributed by atoms with Crippen molar-refractivity contribution in [3.05, 3.63) is 82.9 Å². The minimum absolute atomic E-state index is 0.134. The van der Waals surface area contributed by atoms with Gasteiger partial charge in [-0.1, -0.05) is 12.1 Å². The molecule has 0 spiro atoms. The smallest absolute Gasteiger partial charge is 0.257 e. The van der Waals surface area contributed by atoms with E-state index in [0.29, 0.717) is 5.69 Å². The summed E-state index contributed by atoms with van der Waals surface area (Å²) in [7, 11) is 0. The van der Waals surface area contributed by atoms with Gasteiger partial charge in [-0.3, -0.25) is 9.78 Å². The lowest BCUT2D eigenvalue weighted by Crippen LogP contribution is -2.14. The Morgan fingerprint density at radius 2 is 1.70 bits per heavy atom. The summed E-state index contributed by atoms with van der Waals surface area (Å²) in [6.07, 6.45) is 2.83. The van der Waals surface area contributed by atoms with Crippen LogP contribution in [0.15, 0.2) is 48.8 Å². The number of carbonyl (C=O) groups excluding carboxylic acids is 1. The second-order valence-corrected chi connectivity index (χ2v) is 6.08. The number of benzene rings is 2. The van der Waals surface area contributed by atoms with Gasteiger partial charge in [-0.2, -0.15) is 0 Å². The number of pyridine rings is 1. The normalized spacial score (nSPS) is 10.6. The number of carbonyl (C=O) groups is 1. The third-order valence-electron chi connectivity index (χ3n) is 3.96. The summed E-state index contributed by atoms with van der Waals surface area (Å²) in [5, 5.41) is 5.39. The first-order valence-corrected chi connectivity index (χ1v) is 8.09. The molecule has 0 aliphatic rings. The molecule has 0 fully saturated rings. The van der Waals surface area contributed by atoms with Crippen molar-refractivity contribution >= 4 is 23.0 Å². The van der Waals surface area contributed by atoms with E-state index < -0.39 is 29.0 Å². The molecule has 0 bridgehead atoms. The molecule has 138 valence electrons. The standard InChI is InChI=1S/C20H16F3N3O/c1-11-3-4-12(2)17(7-11)25-14-8-13(9-24-10-14)20(27)26-16-6-5-15(21)18(22)19(16)23/h3-10,25H,1-2H3,(H,26,27). The summed E-state index contributed by atoms with van der Waals surface area (Å²) in [6, 6.07) is 9.13. The molecule has 2 aromatic carbocycles. The van der Waals surface area contributed by atoms with Gasteiger partial charge in [0.25, 0.3) is 5.91 Å². The van der Waals surface area contributed by atoms with Crippen LogP contribution in [0.4, 0.5) is 30.2 Å². The maximum absolute atomic E-state index is 13.7. The Morgan fingerprint density at radius 1 is 0.926 bits per heavy atom. The number of hydrogen-bond donors (Lipinski definition) is 2. The number of rotatable bonds is 4. The predicted molar refractivity (Wildman–Crippen MR) is 97.7 cm³/mol. The van der Waals surface area contributed by atoms with Crippen LogP contribution in [0.5, 0.6) is 0 Å². The summed E-state index contributed by atoms with van der Waals surface area (Å²) >= 11 is 0. The number of aromatic nitrogens is 1. The van der Waals surface area contributed by atoms with Crippen LogP contribution in [-0.2, 0) is 0 Å². The average Bonchev–Trinajstić information content (AvgIpc) is 2.65. The third kappa shape index (κ3) is 4.08. The fraction of sp³-hybridized carbons (Fsp3) is 0.100. The molecule has 4 nitrogen and oxygen atoms in total. The number of aryl methyl sites for hydroxylation is 2. The van der Waals surface area contributed by atoms with Crippen LogP contribution in [0.25, 0.3) is 0 Å². The average molecular weight is 371 g/mol. The first-order chi connectivity index (χ1) is 12.8. The fourth-order valence-electron chi connectivity index (χ4n) is 2.48. The minimum Gasteiger partial charge on any atom is -0.354 e. The lowest BCUT2D eigenvalue weighted by atomic mass is 10.1. The monoisotopic (exact) mass is 371 g/mol. The molecular formula is C20H16F3N3O. The fourth-order valence-corrected chi connectivity index (χ4v) is 2.48. The third-order valence-corrected chi connectivity index (χ3v) is 3.96. The van der Waals surface area contributed by atoms with Crippen molar-refractivity contribution in [2.24, 2.45) is 0 Å². The molecule has 0 radical (unpaired) electrons. The molecule has 0 aliphatic heterocycles. The number of anilines is 3. The molecule has 3 aromatic rings. The van der Waals surface area contributed by atoms with E-state index >= 15 is 0 Å². The highest BCUT2D eigenvalue weighted by Crippen LogP contribution is 2.23. The van der Waals surface area contributed by atoms with Gasteiger partial charge in [0.15, 0.2) is 17.5 Å². The molecule has 1 amide bonds. The van der Waals surface area contributed by atoms with E-state index in [1.807, 2.05) is 32.0 Å². The van der Waals surface area contributed by atoms with E-state index in [9.17, 15) is 18.0 Å². The first-order valence-electron chi connectivity index (χ1n) is 8.09. The Morgan fingerprint density at radius 3 is 2.48 bits per heavy atom. The molecule has 27 heavy (non-hydrogen) atoms. The highest BCUT2D eigenvalue weighted by atomic mass is 19.2. The molecular weight excluding hydrogens is 355 g/mol. The van der Waals surface area contributed by atoms with Gasteiger partial charge in [0, 0.05) is 11.9 Å². The number of nitrogens with zero attached hydrogens (tertiary/aromatic N) is 1. The van der Waals surface area contributed by atoms with Gasteiger partial charge in [0.05, 0.1) is 23.1 Å². The van der Waals surface area contributed by atoms with Crippen LogP contribution in [0.3, 0.4) is 0 Å². The van der Waals surface area contributed by atoms with Gasteiger partial charge in [-0.25, -0.2) is 13.2 Å². The van der Waals surface area contributed by atoms with Gasteiger partial charge >= 0.3 is 0 Å². The van der Waals surface area contributed by atoms with Crippen LogP contribution in [0.2, 0.25) is 0 Å². The van der Waals surface area contributed by atoms with E-state index in [2.05, 4.69) is 15.6 Å². The predicted octanol–water partition coefficient (Wildman–Crippen LogP) is 5.11. The second-order valence-electron chi connectivity index (χ2n) is 6.08. The molecule has 3 rings (SSSR count). The molecule has 0 atom stereocenters. The van der Waals surface area contributed by atoms with Gasteiger partial charge in [-0.15, -0.1) is 0 Å². The Balaban J connectivity index is 1.82. The lowest BCUT2D eigenvalue weighted by molar-refractivity contribution is 0.102. The van der Waals surface area contributed by atoms with Crippen molar-refractivity contribution in [3.63, 3.8) is 0 Å². The van der Waals surface area contributed by atoms with E-state index in [-0.39, 0.29) is 5.56 Å². The molecule has 0 unspecified atom stereocenters. The number of halogens is 3. The first kappa shape index (κ1) is 18.4. The van der Waals surface area contributed by atoms with Crippen LogP contribution < -0.4 is 10.6 Å². The molecule has 2 N–H and O–H groups in total. The molecule has 1 aromatic heterocycles. The van der Waals surface area contributed by atoms with Gasteiger partial charge in [-0.05, 0) is 49.2 Å². The van der Waals surface area contributed by atoms with E-state index in [0.717, 1.165) is 28.9 Å². The van der Waals surface area contributed by atoms with Crippen molar-refractivity contribution in [1.82, 2.24) is 4.98 Å². The second kappa shape index (κ2) is 7.49. The SMILES string of the molecule is Cc1ccc(C)c(Nc2cncc(C(=O)Nc3ccc(F)c(F)c3F)c2)c1. The molecule has 0 saturated heterocycles. The molecule has 0 aliphatic carbocycles. The molecule has 0 saturated carbocycles. The number of nitrogens with one attached hydrogen (secondary N) is 2. The Labute approximate surface area is 154 Å².